The maximum Gasteiger partial charge on any atom is 0.244 e. The van der Waals surface area contributed by atoms with E-state index < -0.39 is 0 Å². The molecule has 0 saturated carbocycles. The summed E-state index contributed by atoms with van der Waals surface area (Å²) in [6.07, 6.45) is 8.04. The van der Waals surface area contributed by atoms with E-state index in [2.05, 4.69) is 17.3 Å². The van der Waals surface area contributed by atoms with Gasteiger partial charge in [-0.3, -0.25) is 4.79 Å². The number of carbonyl (C=O) groups is 1. The van der Waals surface area contributed by atoms with Crippen molar-refractivity contribution < 1.29 is 14.3 Å². The van der Waals surface area contributed by atoms with Crippen molar-refractivity contribution in [2.75, 3.05) is 21.3 Å². The van der Waals surface area contributed by atoms with Gasteiger partial charge in [0, 0.05) is 24.2 Å². The van der Waals surface area contributed by atoms with E-state index in [9.17, 15) is 4.79 Å². The van der Waals surface area contributed by atoms with Gasteiger partial charge < -0.3 is 19.7 Å². The summed E-state index contributed by atoms with van der Waals surface area (Å²) in [4.78, 5) is 14.7. The number of hydrogen-bond donors (Lipinski definition) is 1. The Kier molecular flexibility index (Phi) is 5.09. The van der Waals surface area contributed by atoms with Crippen molar-refractivity contribution in [2.45, 2.75) is 43.8 Å². The number of fused-ring (bicyclic) bond motifs is 2. The second kappa shape index (κ2) is 7.26. The molecule has 1 amide bonds. The fourth-order valence-electron chi connectivity index (χ4n) is 3.91. The van der Waals surface area contributed by atoms with Crippen LogP contribution in [0.1, 0.15) is 31.2 Å². The lowest BCUT2D eigenvalue weighted by Gasteiger charge is -2.36. The van der Waals surface area contributed by atoms with Gasteiger partial charge in [0.2, 0.25) is 5.91 Å². The van der Waals surface area contributed by atoms with Gasteiger partial charge in [0.1, 0.15) is 0 Å². The number of nitrogens with one attached hydrogen (secondary N) is 1. The zero-order valence-electron chi connectivity index (χ0n) is 14.6. The van der Waals surface area contributed by atoms with E-state index in [4.69, 9.17) is 9.47 Å². The minimum absolute atomic E-state index is 0.0289. The second-order valence-electron chi connectivity index (χ2n) is 6.68. The molecule has 1 aromatic rings. The van der Waals surface area contributed by atoms with Gasteiger partial charge in [-0.15, -0.1) is 0 Å². The summed E-state index contributed by atoms with van der Waals surface area (Å²) < 4.78 is 10.5. The van der Waals surface area contributed by atoms with Crippen molar-refractivity contribution in [1.82, 2.24) is 10.2 Å². The maximum atomic E-state index is 12.2. The standard InChI is InChI=1S/C19H26N2O3/c1-21-15-6-7-16(21)12-14(11-15)20-19(22)9-5-13-4-8-17(23-2)18(10-13)24-3/h4-5,8-10,14-16H,6-7,11-12H2,1-3H3,(H,20,22). The number of nitrogens with zero attached hydrogens (tertiary/aromatic N) is 1. The zero-order chi connectivity index (χ0) is 17.1. The van der Waals surface area contributed by atoms with E-state index in [1.54, 1.807) is 26.4 Å². The number of benzene rings is 1. The fourth-order valence-corrected chi connectivity index (χ4v) is 3.91. The average molecular weight is 330 g/mol. The molecule has 2 atom stereocenters. The van der Waals surface area contributed by atoms with Crippen LogP contribution < -0.4 is 14.8 Å². The van der Waals surface area contributed by atoms with Crippen LogP contribution in [-0.4, -0.2) is 50.2 Å². The molecule has 2 aliphatic heterocycles. The van der Waals surface area contributed by atoms with Crippen LogP contribution >= 0.6 is 0 Å². The lowest BCUT2D eigenvalue weighted by Crippen LogP contribution is -2.48. The predicted molar refractivity (Wildman–Crippen MR) is 94.3 cm³/mol. The first-order valence-corrected chi connectivity index (χ1v) is 8.53. The van der Waals surface area contributed by atoms with Crippen molar-refractivity contribution in [3.8, 4) is 11.5 Å². The monoisotopic (exact) mass is 330 g/mol. The molecule has 1 aromatic carbocycles. The predicted octanol–water partition coefficient (Wildman–Crippen LogP) is 2.46. The molecule has 2 bridgehead atoms. The van der Waals surface area contributed by atoms with Gasteiger partial charge >= 0.3 is 0 Å². The molecule has 0 spiro atoms. The summed E-state index contributed by atoms with van der Waals surface area (Å²) in [5, 5.41) is 3.15. The summed E-state index contributed by atoms with van der Waals surface area (Å²) in [5.74, 6) is 1.31. The van der Waals surface area contributed by atoms with Crippen molar-refractivity contribution in [3.05, 3.63) is 29.8 Å². The average Bonchev–Trinajstić information content (AvgIpc) is 2.81. The molecule has 5 heteroatoms. The van der Waals surface area contributed by atoms with Gasteiger partial charge in [-0.2, -0.15) is 0 Å². The van der Waals surface area contributed by atoms with Gasteiger partial charge in [-0.25, -0.2) is 0 Å². The van der Waals surface area contributed by atoms with Crippen molar-refractivity contribution in [3.63, 3.8) is 0 Å². The molecule has 5 nitrogen and oxygen atoms in total. The largest absolute Gasteiger partial charge is 0.493 e. The Morgan fingerprint density at radius 1 is 1.17 bits per heavy atom. The third-order valence-electron chi connectivity index (χ3n) is 5.28. The number of piperidine rings is 1. The molecule has 2 fully saturated rings. The molecule has 1 N–H and O–H groups in total. The first kappa shape index (κ1) is 16.8. The number of amides is 1. The van der Waals surface area contributed by atoms with E-state index in [0.29, 0.717) is 29.6 Å². The maximum absolute atomic E-state index is 12.2. The smallest absolute Gasteiger partial charge is 0.244 e. The van der Waals surface area contributed by atoms with E-state index in [1.807, 2.05) is 18.2 Å². The molecule has 0 aromatic heterocycles. The van der Waals surface area contributed by atoms with Crippen LogP contribution in [0.4, 0.5) is 0 Å². The summed E-state index contributed by atoms with van der Waals surface area (Å²) in [6.45, 7) is 0. The lowest BCUT2D eigenvalue weighted by molar-refractivity contribution is -0.117. The molecule has 0 radical (unpaired) electrons. The number of rotatable bonds is 5. The molecular formula is C19H26N2O3. The Balaban J connectivity index is 1.58. The Morgan fingerprint density at radius 3 is 2.46 bits per heavy atom. The highest BCUT2D eigenvalue weighted by Crippen LogP contribution is 2.34. The fraction of sp³-hybridized carbons (Fsp3) is 0.526. The van der Waals surface area contributed by atoms with Crippen LogP contribution in [0.25, 0.3) is 6.08 Å². The normalized spacial score (nSPS) is 26.5. The number of hydrogen-bond acceptors (Lipinski definition) is 4. The SMILES string of the molecule is COc1ccc(C=CC(=O)NC2CC3CCC(C2)N3C)cc1OC. The van der Waals surface area contributed by atoms with Crippen LogP contribution in [0.2, 0.25) is 0 Å². The highest BCUT2D eigenvalue weighted by atomic mass is 16.5. The van der Waals surface area contributed by atoms with Gasteiger partial charge in [0.05, 0.1) is 14.2 Å². The highest BCUT2D eigenvalue weighted by Gasteiger charge is 2.38. The third kappa shape index (κ3) is 3.56. The van der Waals surface area contributed by atoms with E-state index in [-0.39, 0.29) is 5.91 Å². The Morgan fingerprint density at radius 2 is 1.83 bits per heavy atom. The second-order valence-corrected chi connectivity index (χ2v) is 6.68. The summed E-state index contributed by atoms with van der Waals surface area (Å²) >= 11 is 0. The van der Waals surface area contributed by atoms with Crippen LogP contribution in [0, 0.1) is 0 Å². The van der Waals surface area contributed by atoms with Gasteiger partial charge in [-0.05, 0) is 56.5 Å². The summed E-state index contributed by atoms with van der Waals surface area (Å²) in [6, 6.07) is 7.15. The number of carbonyl (C=O) groups excluding carboxylic acids is 1. The first-order valence-electron chi connectivity index (χ1n) is 8.53. The molecule has 2 aliphatic rings. The van der Waals surface area contributed by atoms with E-state index in [0.717, 1.165) is 18.4 Å². The minimum Gasteiger partial charge on any atom is -0.493 e. The van der Waals surface area contributed by atoms with Crippen molar-refractivity contribution in [2.24, 2.45) is 0 Å². The van der Waals surface area contributed by atoms with Gasteiger partial charge in [-0.1, -0.05) is 6.07 Å². The van der Waals surface area contributed by atoms with Gasteiger partial charge in [0.15, 0.2) is 11.5 Å². The quantitative estimate of drug-likeness (QED) is 0.843. The summed E-state index contributed by atoms with van der Waals surface area (Å²) in [5.41, 5.74) is 0.909. The van der Waals surface area contributed by atoms with Crippen LogP contribution in [0.3, 0.4) is 0 Å². The van der Waals surface area contributed by atoms with Gasteiger partial charge in [0.25, 0.3) is 0 Å². The van der Waals surface area contributed by atoms with E-state index in [1.165, 1.54) is 12.8 Å². The molecule has 0 aliphatic carbocycles. The number of methoxy groups -OCH3 is 2. The zero-order valence-corrected chi connectivity index (χ0v) is 14.6. The lowest BCUT2D eigenvalue weighted by atomic mass is 9.98. The van der Waals surface area contributed by atoms with Crippen LogP contribution in [-0.2, 0) is 4.79 Å². The summed E-state index contributed by atoms with van der Waals surface area (Å²) in [7, 11) is 5.42. The van der Waals surface area contributed by atoms with Crippen molar-refractivity contribution >= 4 is 12.0 Å². The Bertz CT molecular complexity index is 615. The Labute approximate surface area is 143 Å². The van der Waals surface area contributed by atoms with Crippen LogP contribution in [0.5, 0.6) is 11.5 Å². The topological polar surface area (TPSA) is 50.8 Å². The van der Waals surface area contributed by atoms with E-state index >= 15 is 0 Å². The molecule has 2 heterocycles. The Hall–Kier alpha value is -2.01. The highest BCUT2D eigenvalue weighted by molar-refractivity contribution is 5.92. The third-order valence-corrected chi connectivity index (χ3v) is 5.28. The molecule has 24 heavy (non-hydrogen) atoms. The molecule has 2 saturated heterocycles. The molecule has 2 unspecified atom stereocenters. The number of ether oxygens (including phenoxy) is 2. The molecular weight excluding hydrogens is 304 g/mol. The van der Waals surface area contributed by atoms with Crippen LogP contribution in [0.15, 0.2) is 24.3 Å². The first-order chi connectivity index (χ1) is 11.6. The van der Waals surface area contributed by atoms with Crippen molar-refractivity contribution in [1.29, 1.82) is 0 Å². The molecule has 3 rings (SSSR count). The minimum atomic E-state index is -0.0289. The molecule has 130 valence electrons.